The fraction of sp³-hybridized carbons (Fsp3) is 0.167. The molecule has 1 aliphatic heterocycles. The summed E-state index contributed by atoms with van der Waals surface area (Å²) in [4.78, 5) is 27.5. The van der Waals surface area contributed by atoms with Gasteiger partial charge in [0.05, 0.1) is 11.4 Å². The van der Waals surface area contributed by atoms with Gasteiger partial charge in [-0.1, -0.05) is 39.3 Å². The smallest absolute Gasteiger partial charge is 0.325 e. The standard InChI is InChI=1S/C18H14BrN3O3S/c1-18(11-4-2-5-12(19)8-11)16(23)22(17(24)20-18)10-13-9-14(25-21-13)15-6-3-7-26-15/h2-9H,10H2,1H3,(H,20,24). The normalized spacial score (nSPS) is 19.8. The highest BCUT2D eigenvalue weighted by Gasteiger charge is 2.49. The highest BCUT2D eigenvalue weighted by molar-refractivity contribution is 9.10. The highest BCUT2D eigenvalue weighted by Crippen LogP contribution is 2.32. The summed E-state index contributed by atoms with van der Waals surface area (Å²) in [5.41, 5.74) is 0.129. The number of hydrogen-bond donors (Lipinski definition) is 1. The lowest BCUT2D eigenvalue weighted by Gasteiger charge is -2.22. The fourth-order valence-corrected chi connectivity index (χ4v) is 3.99. The molecule has 1 aliphatic rings. The van der Waals surface area contributed by atoms with Crippen molar-refractivity contribution >= 4 is 39.2 Å². The Labute approximate surface area is 161 Å². The molecule has 1 aromatic carbocycles. The van der Waals surface area contributed by atoms with E-state index >= 15 is 0 Å². The molecule has 1 atom stereocenters. The summed E-state index contributed by atoms with van der Waals surface area (Å²) in [5, 5.41) is 8.72. The number of carbonyl (C=O) groups excluding carboxylic acids is 2. The summed E-state index contributed by atoms with van der Waals surface area (Å²) in [5.74, 6) is 0.304. The number of hydrogen-bond acceptors (Lipinski definition) is 5. The lowest BCUT2D eigenvalue weighted by atomic mass is 9.92. The van der Waals surface area contributed by atoms with E-state index in [0.29, 0.717) is 17.0 Å². The van der Waals surface area contributed by atoms with Crippen molar-refractivity contribution in [2.24, 2.45) is 0 Å². The van der Waals surface area contributed by atoms with Crippen LogP contribution in [0.1, 0.15) is 18.2 Å². The highest BCUT2D eigenvalue weighted by atomic mass is 79.9. The van der Waals surface area contributed by atoms with E-state index in [4.69, 9.17) is 4.52 Å². The Balaban J connectivity index is 1.58. The van der Waals surface area contributed by atoms with Gasteiger partial charge < -0.3 is 9.84 Å². The van der Waals surface area contributed by atoms with Crippen molar-refractivity contribution in [1.29, 1.82) is 0 Å². The van der Waals surface area contributed by atoms with Gasteiger partial charge in [0.1, 0.15) is 11.2 Å². The van der Waals surface area contributed by atoms with Crippen molar-refractivity contribution in [3.63, 3.8) is 0 Å². The van der Waals surface area contributed by atoms with E-state index in [2.05, 4.69) is 26.4 Å². The summed E-state index contributed by atoms with van der Waals surface area (Å²) >= 11 is 4.93. The monoisotopic (exact) mass is 431 g/mol. The summed E-state index contributed by atoms with van der Waals surface area (Å²) in [6.07, 6.45) is 0. The number of urea groups is 1. The molecule has 3 heterocycles. The van der Waals surface area contributed by atoms with Gasteiger partial charge in [-0.25, -0.2) is 4.79 Å². The number of aromatic nitrogens is 1. The van der Waals surface area contributed by atoms with Gasteiger partial charge >= 0.3 is 6.03 Å². The van der Waals surface area contributed by atoms with Gasteiger partial charge in [0.25, 0.3) is 5.91 Å². The molecule has 0 spiro atoms. The molecular formula is C18H14BrN3O3S. The Morgan fingerprint density at radius 1 is 1.27 bits per heavy atom. The number of amides is 3. The number of carbonyl (C=O) groups is 2. The Kier molecular flexibility index (Phi) is 4.16. The first kappa shape index (κ1) is 17.0. The maximum absolute atomic E-state index is 13.0. The lowest BCUT2D eigenvalue weighted by Crippen LogP contribution is -2.40. The number of halogens is 1. The molecule has 1 N–H and O–H groups in total. The predicted octanol–water partition coefficient (Wildman–Crippen LogP) is 4.13. The number of benzene rings is 1. The van der Waals surface area contributed by atoms with Crippen molar-refractivity contribution in [1.82, 2.24) is 15.4 Å². The number of nitrogens with one attached hydrogen (secondary N) is 1. The van der Waals surface area contributed by atoms with Crippen molar-refractivity contribution in [2.45, 2.75) is 19.0 Å². The Morgan fingerprint density at radius 3 is 2.85 bits per heavy atom. The van der Waals surface area contributed by atoms with Crippen LogP contribution in [0.5, 0.6) is 0 Å². The summed E-state index contributed by atoms with van der Waals surface area (Å²) in [7, 11) is 0. The molecule has 8 heteroatoms. The average molecular weight is 432 g/mol. The Hall–Kier alpha value is -2.45. The molecule has 0 aliphatic carbocycles. The molecule has 3 aromatic rings. The van der Waals surface area contributed by atoms with Crippen LogP contribution >= 0.6 is 27.3 Å². The summed E-state index contributed by atoms with van der Waals surface area (Å²) < 4.78 is 6.17. The minimum absolute atomic E-state index is 0.0587. The molecule has 1 unspecified atom stereocenters. The van der Waals surface area contributed by atoms with Crippen LogP contribution in [0.3, 0.4) is 0 Å². The maximum atomic E-state index is 13.0. The lowest BCUT2D eigenvalue weighted by molar-refractivity contribution is -0.131. The average Bonchev–Trinajstić information content (AvgIpc) is 3.33. The van der Waals surface area contributed by atoms with Crippen molar-refractivity contribution in [2.75, 3.05) is 0 Å². The van der Waals surface area contributed by atoms with Crippen LogP contribution in [0.2, 0.25) is 0 Å². The van der Waals surface area contributed by atoms with Crippen LogP contribution in [0.15, 0.2) is 56.8 Å². The van der Waals surface area contributed by atoms with Gasteiger partial charge in [-0.05, 0) is 36.1 Å². The zero-order chi connectivity index (χ0) is 18.3. The molecule has 0 saturated carbocycles. The molecule has 0 bridgehead atoms. The van der Waals surface area contributed by atoms with E-state index in [0.717, 1.165) is 14.2 Å². The van der Waals surface area contributed by atoms with Gasteiger partial charge in [0.2, 0.25) is 0 Å². The Bertz CT molecular complexity index is 985. The fourth-order valence-electron chi connectivity index (χ4n) is 2.92. The van der Waals surface area contributed by atoms with Gasteiger partial charge in [0.15, 0.2) is 5.76 Å². The summed E-state index contributed by atoms with van der Waals surface area (Å²) in [6, 6.07) is 12.5. The molecule has 2 aromatic heterocycles. The van der Waals surface area contributed by atoms with E-state index in [9.17, 15) is 9.59 Å². The minimum Gasteiger partial charge on any atom is -0.355 e. The van der Waals surface area contributed by atoms with Gasteiger partial charge in [0, 0.05) is 10.5 Å². The molecule has 1 fully saturated rings. The quantitative estimate of drug-likeness (QED) is 0.629. The molecule has 132 valence electrons. The number of nitrogens with zero attached hydrogens (tertiary/aromatic N) is 2. The van der Waals surface area contributed by atoms with Crippen LogP contribution in [0.25, 0.3) is 10.6 Å². The first-order chi connectivity index (χ1) is 12.5. The molecule has 3 amide bonds. The van der Waals surface area contributed by atoms with Crippen LogP contribution < -0.4 is 5.32 Å². The number of rotatable bonds is 4. The largest absolute Gasteiger partial charge is 0.355 e. The first-order valence-electron chi connectivity index (χ1n) is 7.87. The zero-order valence-electron chi connectivity index (χ0n) is 13.7. The van der Waals surface area contributed by atoms with Gasteiger partial charge in [-0.15, -0.1) is 11.3 Å². The van der Waals surface area contributed by atoms with E-state index in [1.807, 2.05) is 41.8 Å². The number of thiophene rings is 1. The van der Waals surface area contributed by atoms with Crippen molar-refractivity contribution < 1.29 is 14.1 Å². The van der Waals surface area contributed by atoms with Crippen LogP contribution in [0.4, 0.5) is 4.79 Å². The maximum Gasteiger partial charge on any atom is 0.325 e. The van der Waals surface area contributed by atoms with Crippen molar-refractivity contribution in [3.8, 4) is 10.6 Å². The SMILES string of the molecule is CC1(c2cccc(Br)c2)NC(=O)N(Cc2cc(-c3cccs3)on2)C1=O. The van der Waals surface area contributed by atoms with Crippen LogP contribution in [-0.2, 0) is 16.9 Å². The first-order valence-corrected chi connectivity index (χ1v) is 9.54. The third-order valence-corrected chi connectivity index (χ3v) is 5.70. The minimum atomic E-state index is -1.11. The molecule has 26 heavy (non-hydrogen) atoms. The van der Waals surface area contributed by atoms with E-state index in [1.165, 1.54) is 11.3 Å². The third-order valence-electron chi connectivity index (χ3n) is 4.32. The molecule has 1 saturated heterocycles. The second-order valence-electron chi connectivity index (χ2n) is 6.12. The van der Waals surface area contributed by atoms with Crippen LogP contribution in [-0.4, -0.2) is 22.0 Å². The van der Waals surface area contributed by atoms with Crippen LogP contribution in [0, 0.1) is 0 Å². The topological polar surface area (TPSA) is 75.4 Å². The van der Waals surface area contributed by atoms with E-state index < -0.39 is 11.6 Å². The third kappa shape index (κ3) is 2.85. The Morgan fingerprint density at radius 2 is 2.12 bits per heavy atom. The zero-order valence-corrected chi connectivity index (χ0v) is 16.1. The number of imide groups is 1. The molecular weight excluding hydrogens is 418 g/mol. The molecule has 6 nitrogen and oxygen atoms in total. The summed E-state index contributed by atoms with van der Waals surface area (Å²) in [6.45, 7) is 1.76. The van der Waals surface area contributed by atoms with E-state index in [-0.39, 0.29) is 12.5 Å². The van der Waals surface area contributed by atoms with Crippen molar-refractivity contribution in [3.05, 3.63) is 63.6 Å². The second kappa shape index (κ2) is 6.37. The second-order valence-corrected chi connectivity index (χ2v) is 7.98. The van der Waals surface area contributed by atoms with E-state index in [1.54, 1.807) is 13.0 Å². The van der Waals surface area contributed by atoms with Gasteiger partial charge in [-0.2, -0.15) is 0 Å². The van der Waals surface area contributed by atoms with Gasteiger partial charge in [-0.3, -0.25) is 9.69 Å². The predicted molar refractivity (Wildman–Crippen MR) is 100 cm³/mol. The molecule has 4 rings (SSSR count). The molecule has 0 radical (unpaired) electrons.